The number of hydroxylamine groups is 2. The second kappa shape index (κ2) is 4.05. The SMILES string of the molecule is O=C1NCC[C@@H]2C[C@@H]3CN(C(=O)N3OS(=O)(=O)[O-])[C@H]12. The van der Waals surface area contributed by atoms with Gasteiger partial charge in [-0.2, -0.15) is 9.35 Å². The van der Waals surface area contributed by atoms with Crippen molar-refractivity contribution in [1.82, 2.24) is 15.3 Å². The van der Waals surface area contributed by atoms with E-state index in [9.17, 15) is 22.6 Å². The summed E-state index contributed by atoms with van der Waals surface area (Å²) in [4.78, 5) is 25.1. The van der Waals surface area contributed by atoms with E-state index < -0.39 is 28.5 Å². The highest BCUT2D eigenvalue weighted by atomic mass is 32.3. The standard InChI is InChI=1S/C9H13N3O6S/c13-8-7-5(1-2-10-8)3-6-4-11(7)9(14)12(6)18-19(15,16)17/h5-7H,1-4H2,(H,10,13)(H,15,16,17)/p-1/t5-,6-,7+/m1/s1. The first-order valence-electron chi connectivity index (χ1n) is 5.90. The molecule has 3 aliphatic heterocycles. The maximum Gasteiger partial charge on any atom is 0.346 e. The number of hydrogen-bond acceptors (Lipinski definition) is 6. The number of piperidine rings is 2. The average Bonchev–Trinajstić information content (AvgIpc) is 2.53. The smallest absolute Gasteiger partial charge is 0.346 e. The lowest BCUT2D eigenvalue weighted by Crippen LogP contribution is -2.58. The Hall–Kier alpha value is -1.39. The predicted molar refractivity (Wildman–Crippen MR) is 58.0 cm³/mol. The monoisotopic (exact) mass is 290 g/mol. The number of amides is 3. The van der Waals surface area contributed by atoms with Gasteiger partial charge in [-0.25, -0.2) is 13.2 Å². The zero-order valence-electron chi connectivity index (χ0n) is 9.81. The van der Waals surface area contributed by atoms with Crippen LogP contribution >= 0.6 is 0 Å². The molecule has 9 nitrogen and oxygen atoms in total. The molecule has 1 N–H and O–H groups in total. The topological polar surface area (TPSA) is 119 Å². The van der Waals surface area contributed by atoms with E-state index in [-0.39, 0.29) is 18.4 Å². The van der Waals surface area contributed by atoms with Crippen LogP contribution in [0, 0.1) is 5.92 Å². The molecule has 3 heterocycles. The first kappa shape index (κ1) is 12.6. The van der Waals surface area contributed by atoms with E-state index in [0.29, 0.717) is 24.4 Å². The Morgan fingerprint density at radius 3 is 2.79 bits per heavy atom. The van der Waals surface area contributed by atoms with Crippen LogP contribution in [0.5, 0.6) is 0 Å². The van der Waals surface area contributed by atoms with Gasteiger partial charge >= 0.3 is 6.03 Å². The Kier molecular flexibility index (Phi) is 2.69. The molecule has 0 aliphatic carbocycles. The molecule has 3 aliphatic rings. The molecular weight excluding hydrogens is 278 g/mol. The van der Waals surface area contributed by atoms with Crippen LogP contribution in [0.3, 0.4) is 0 Å². The van der Waals surface area contributed by atoms with E-state index in [1.54, 1.807) is 0 Å². The summed E-state index contributed by atoms with van der Waals surface area (Å²) in [6.45, 7) is 0.735. The van der Waals surface area contributed by atoms with Crippen LogP contribution in [0.15, 0.2) is 0 Å². The minimum atomic E-state index is -5.00. The third kappa shape index (κ3) is 2.05. The largest absolute Gasteiger partial charge is 0.724 e. The van der Waals surface area contributed by atoms with Crippen molar-refractivity contribution in [2.24, 2.45) is 5.92 Å². The Labute approximate surface area is 109 Å². The van der Waals surface area contributed by atoms with E-state index in [2.05, 4.69) is 9.60 Å². The minimum absolute atomic E-state index is 0.0283. The van der Waals surface area contributed by atoms with Gasteiger partial charge in [-0.1, -0.05) is 0 Å². The highest BCUT2D eigenvalue weighted by Crippen LogP contribution is 2.37. The summed E-state index contributed by atoms with van der Waals surface area (Å²) in [6.07, 6.45) is 1.17. The maximum absolute atomic E-state index is 12.0. The van der Waals surface area contributed by atoms with Gasteiger partial charge in [0.1, 0.15) is 6.04 Å². The molecule has 106 valence electrons. The van der Waals surface area contributed by atoms with Crippen molar-refractivity contribution in [3.05, 3.63) is 0 Å². The van der Waals surface area contributed by atoms with E-state index >= 15 is 0 Å². The van der Waals surface area contributed by atoms with Gasteiger partial charge in [-0.3, -0.25) is 4.79 Å². The van der Waals surface area contributed by atoms with Crippen LogP contribution in [0.4, 0.5) is 4.79 Å². The molecular formula is C9H12N3O6S-. The van der Waals surface area contributed by atoms with Gasteiger partial charge in [-0.15, -0.1) is 0 Å². The van der Waals surface area contributed by atoms with E-state index in [0.717, 1.165) is 0 Å². The third-order valence-electron chi connectivity index (χ3n) is 3.79. The van der Waals surface area contributed by atoms with Gasteiger partial charge in [0.25, 0.3) is 0 Å². The van der Waals surface area contributed by atoms with Crippen LogP contribution in [0.25, 0.3) is 0 Å². The third-order valence-corrected chi connectivity index (χ3v) is 4.13. The van der Waals surface area contributed by atoms with Gasteiger partial charge in [0.05, 0.1) is 6.04 Å². The fraction of sp³-hybridized carbons (Fsp3) is 0.778. The quantitative estimate of drug-likeness (QED) is 0.483. The summed E-state index contributed by atoms with van der Waals surface area (Å²) in [5.41, 5.74) is 0. The Morgan fingerprint density at radius 1 is 1.37 bits per heavy atom. The summed E-state index contributed by atoms with van der Waals surface area (Å²) >= 11 is 0. The van der Waals surface area contributed by atoms with Crippen molar-refractivity contribution in [3.8, 4) is 0 Å². The average molecular weight is 290 g/mol. The lowest BCUT2D eigenvalue weighted by molar-refractivity contribution is -0.130. The number of urea groups is 1. The molecule has 0 saturated carbocycles. The zero-order chi connectivity index (χ0) is 13.8. The molecule has 10 heteroatoms. The Balaban J connectivity index is 1.88. The highest BCUT2D eigenvalue weighted by molar-refractivity contribution is 7.80. The second-order valence-corrected chi connectivity index (χ2v) is 5.88. The fourth-order valence-electron chi connectivity index (χ4n) is 3.11. The van der Waals surface area contributed by atoms with Gasteiger partial charge in [0, 0.05) is 13.1 Å². The number of fused-ring (bicyclic) bond motifs is 4. The molecule has 3 saturated heterocycles. The van der Waals surface area contributed by atoms with Crippen molar-refractivity contribution in [3.63, 3.8) is 0 Å². The molecule has 0 radical (unpaired) electrons. The van der Waals surface area contributed by atoms with Gasteiger partial charge in [0.15, 0.2) is 0 Å². The molecule has 3 rings (SSSR count). The lowest BCUT2D eigenvalue weighted by atomic mass is 9.83. The molecule has 3 amide bonds. The molecule has 19 heavy (non-hydrogen) atoms. The Bertz CT molecular complexity index is 534. The number of rotatable bonds is 2. The summed E-state index contributed by atoms with van der Waals surface area (Å²) in [7, 11) is -5.00. The van der Waals surface area contributed by atoms with Crippen LogP contribution in [0.2, 0.25) is 0 Å². The summed E-state index contributed by atoms with van der Waals surface area (Å²) in [6, 6.07) is -1.84. The molecule has 2 bridgehead atoms. The predicted octanol–water partition coefficient (Wildman–Crippen LogP) is -1.61. The number of carbonyl (C=O) groups excluding carboxylic acids is 2. The van der Waals surface area contributed by atoms with Crippen molar-refractivity contribution >= 4 is 22.3 Å². The van der Waals surface area contributed by atoms with Crippen LogP contribution in [0.1, 0.15) is 12.8 Å². The highest BCUT2D eigenvalue weighted by Gasteiger charge is 2.53. The van der Waals surface area contributed by atoms with E-state index in [4.69, 9.17) is 0 Å². The number of hydrogen-bond donors (Lipinski definition) is 1. The Morgan fingerprint density at radius 2 is 2.11 bits per heavy atom. The van der Waals surface area contributed by atoms with Gasteiger partial charge < -0.3 is 14.8 Å². The first-order valence-corrected chi connectivity index (χ1v) is 7.23. The van der Waals surface area contributed by atoms with Crippen LogP contribution in [-0.4, -0.2) is 60.0 Å². The molecule has 0 unspecified atom stereocenters. The van der Waals surface area contributed by atoms with Gasteiger partial charge in [-0.05, 0) is 18.8 Å². The van der Waals surface area contributed by atoms with Crippen molar-refractivity contribution in [2.45, 2.75) is 24.9 Å². The molecule has 0 aromatic rings. The molecule has 3 atom stereocenters. The molecule has 3 fully saturated rings. The summed E-state index contributed by atoms with van der Waals surface area (Å²) in [5.74, 6) is -0.269. The number of nitrogens with zero attached hydrogens (tertiary/aromatic N) is 2. The minimum Gasteiger partial charge on any atom is -0.724 e. The maximum atomic E-state index is 12.0. The second-order valence-electron chi connectivity index (χ2n) is 4.92. The van der Waals surface area contributed by atoms with E-state index in [1.165, 1.54) is 4.90 Å². The molecule has 0 spiro atoms. The molecule has 0 aromatic carbocycles. The summed E-state index contributed by atoms with van der Waals surface area (Å²) < 4.78 is 36.1. The van der Waals surface area contributed by atoms with Gasteiger partial charge in [0.2, 0.25) is 16.3 Å². The van der Waals surface area contributed by atoms with Crippen molar-refractivity contribution in [2.75, 3.05) is 13.1 Å². The molecule has 0 aromatic heterocycles. The number of carbonyl (C=O) groups is 2. The van der Waals surface area contributed by atoms with Crippen LogP contribution in [-0.2, 0) is 19.5 Å². The van der Waals surface area contributed by atoms with Crippen molar-refractivity contribution < 1.29 is 26.8 Å². The lowest BCUT2D eigenvalue weighted by Gasteiger charge is -2.39. The van der Waals surface area contributed by atoms with E-state index in [1.807, 2.05) is 0 Å². The summed E-state index contributed by atoms with van der Waals surface area (Å²) in [5, 5.41) is 3.27. The zero-order valence-corrected chi connectivity index (χ0v) is 10.6. The van der Waals surface area contributed by atoms with Crippen LogP contribution < -0.4 is 5.32 Å². The first-order chi connectivity index (χ1) is 8.87. The normalized spacial score (nSPS) is 34.3. The number of nitrogens with one attached hydrogen (secondary N) is 1. The van der Waals surface area contributed by atoms with Crippen molar-refractivity contribution in [1.29, 1.82) is 0 Å². The fourth-order valence-corrected chi connectivity index (χ4v) is 3.49.